The number of aryl methyl sites for hydroxylation is 1. The molecular formula is C22H22FN3O2S. The van der Waals surface area contributed by atoms with Crippen LogP contribution in [0.5, 0.6) is 0 Å². The number of benzene rings is 2. The van der Waals surface area contributed by atoms with Gasteiger partial charge in [0.2, 0.25) is 5.91 Å². The van der Waals surface area contributed by atoms with Gasteiger partial charge < -0.3 is 10.1 Å². The van der Waals surface area contributed by atoms with Gasteiger partial charge in [0, 0.05) is 24.1 Å². The second-order valence-electron chi connectivity index (χ2n) is 7.11. The molecule has 3 aromatic rings. The number of aromatic nitrogens is 2. The summed E-state index contributed by atoms with van der Waals surface area (Å²) in [6, 6.07) is 12.1. The molecule has 0 saturated carbocycles. The maximum Gasteiger partial charge on any atom is 0.230 e. The zero-order valence-corrected chi connectivity index (χ0v) is 17.0. The first-order valence-electron chi connectivity index (χ1n) is 9.64. The van der Waals surface area contributed by atoms with Gasteiger partial charge in [0.05, 0.1) is 17.4 Å². The van der Waals surface area contributed by atoms with Crippen LogP contribution in [-0.2, 0) is 9.53 Å². The van der Waals surface area contributed by atoms with Gasteiger partial charge in [0.1, 0.15) is 10.8 Å². The van der Waals surface area contributed by atoms with Gasteiger partial charge in [-0.2, -0.15) is 0 Å². The Kier molecular flexibility index (Phi) is 6.06. The molecule has 0 bridgehead atoms. The molecule has 2 heterocycles. The van der Waals surface area contributed by atoms with Crippen molar-refractivity contribution in [3.05, 3.63) is 53.8 Å². The van der Waals surface area contributed by atoms with E-state index in [9.17, 15) is 9.18 Å². The highest BCUT2D eigenvalue weighted by atomic mass is 32.2. The van der Waals surface area contributed by atoms with Crippen LogP contribution in [0.15, 0.2) is 47.5 Å². The number of thioether (sulfide) groups is 1. The molecule has 1 N–H and O–H groups in total. The average molecular weight is 412 g/mol. The van der Waals surface area contributed by atoms with Gasteiger partial charge in [-0.05, 0) is 56.2 Å². The SMILES string of the molecule is Cc1ccc2nc(-c3ccc(F)cc3)nc(SCC(=O)NC[C@H]3CCCO3)c2c1. The fourth-order valence-electron chi connectivity index (χ4n) is 3.27. The first kappa shape index (κ1) is 19.8. The third kappa shape index (κ3) is 4.92. The second-order valence-corrected chi connectivity index (χ2v) is 8.07. The van der Waals surface area contributed by atoms with E-state index in [0.29, 0.717) is 12.4 Å². The number of halogens is 1. The van der Waals surface area contributed by atoms with Gasteiger partial charge in [-0.1, -0.05) is 23.4 Å². The summed E-state index contributed by atoms with van der Waals surface area (Å²) in [5, 5.41) is 4.59. The minimum absolute atomic E-state index is 0.0479. The summed E-state index contributed by atoms with van der Waals surface area (Å²) >= 11 is 1.38. The second kappa shape index (κ2) is 8.88. The van der Waals surface area contributed by atoms with Crippen LogP contribution in [0.2, 0.25) is 0 Å². The molecule has 1 saturated heterocycles. The minimum atomic E-state index is -0.303. The number of nitrogens with one attached hydrogen (secondary N) is 1. The van der Waals surface area contributed by atoms with Crippen LogP contribution in [0, 0.1) is 12.7 Å². The molecule has 2 aromatic carbocycles. The van der Waals surface area contributed by atoms with E-state index < -0.39 is 0 Å². The molecule has 1 aliphatic heterocycles. The van der Waals surface area contributed by atoms with Crippen LogP contribution in [0.1, 0.15) is 18.4 Å². The Morgan fingerprint density at radius 1 is 1.24 bits per heavy atom. The van der Waals surface area contributed by atoms with Crippen molar-refractivity contribution in [1.82, 2.24) is 15.3 Å². The molecule has 29 heavy (non-hydrogen) atoms. The van der Waals surface area contributed by atoms with E-state index in [1.165, 1.54) is 23.9 Å². The van der Waals surface area contributed by atoms with Crippen molar-refractivity contribution in [2.24, 2.45) is 0 Å². The van der Waals surface area contributed by atoms with Crippen molar-refractivity contribution in [1.29, 1.82) is 0 Å². The number of nitrogens with zero attached hydrogens (tertiary/aromatic N) is 2. The van der Waals surface area contributed by atoms with Gasteiger partial charge in [-0.15, -0.1) is 0 Å². The summed E-state index contributed by atoms with van der Waals surface area (Å²) in [6.45, 7) is 3.33. The number of ether oxygens (including phenoxy) is 1. The number of carbonyl (C=O) groups is 1. The Bertz CT molecular complexity index is 1020. The summed E-state index contributed by atoms with van der Waals surface area (Å²) in [4.78, 5) is 21.6. The van der Waals surface area contributed by atoms with Gasteiger partial charge >= 0.3 is 0 Å². The molecule has 4 rings (SSSR count). The van der Waals surface area contributed by atoms with E-state index >= 15 is 0 Å². The van der Waals surface area contributed by atoms with Crippen molar-refractivity contribution in [2.45, 2.75) is 30.9 Å². The average Bonchev–Trinajstić information content (AvgIpc) is 3.24. The zero-order chi connectivity index (χ0) is 20.2. The van der Waals surface area contributed by atoms with Crippen molar-refractivity contribution < 1.29 is 13.9 Å². The summed E-state index contributed by atoms with van der Waals surface area (Å²) in [7, 11) is 0. The van der Waals surface area contributed by atoms with Crippen LogP contribution in [0.4, 0.5) is 4.39 Å². The third-order valence-electron chi connectivity index (χ3n) is 4.81. The van der Waals surface area contributed by atoms with Gasteiger partial charge in [-0.3, -0.25) is 4.79 Å². The highest BCUT2D eigenvalue weighted by molar-refractivity contribution is 8.00. The van der Waals surface area contributed by atoms with Gasteiger partial charge in [-0.25, -0.2) is 14.4 Å². The van der Waals surface area contributed by atoms with Crippen molar-refractivity contribution >= 4 is 28.6 Å². The molecule has 0 radical (unpaired) electrons. The normalized spacial score (nSPS) is 16.3. The molecule has 150 valence electrons. The van der Waals surface area contributed by atoms with Crippen LogP contribution < -0.4 is 5.32 Å². The molecule has 0 unspecified atom stereocenters. The minimum Gasteiger partial charge on any atom is -0.376 e. The van der Waals surface area contributed by atoms with Gasteiger partial charge in [0.25, 0.3) is 0 Å². The van der Waals surface area contributed by atoms with Crippen molar-refractivity contribution in [3.8, 4) is 11.4 Å². The van der Waals surface area contributed by atoms with E-state index in [1.807, 2.05) is 25.1 Å². The molecular weight excluding hydrogens is 389 g/mol. The Labute approximate surface area is 173 Å². The summed E-state index contributed by atoms with van der Waals surface area (Å²) in [5.41, 5.74) is 2.63. The lowest BCUT2D eigenvalue weighted by Crippen LogP contribution is -2.32. The largest absolute Gasteiger partial charge is 0.376 e. The Hall–Kier alpha value is -2.51. The molecule has 0 spiro atoms. The first-order valence-corrected chi connectivity index (χ1v) is 10.6. The predicted molar refractivity (Wildman–Crippen MR) is 112 cm³/mol. The number of hydrogen-bond donors (Lipinski definition) is 1. The quantitative estimate of drug-likeness (QED) is 0.488. The highest BCUT2D eigenvalue weighted by Crippen LogP contribution is 2.29. The Balaban J connectivity index is 1.55. The number of fused-ring (bicyclic) bond motifs is 1. The lowest BCUT2D eigenvalue weighted by atomic mass is 10.1. The monoisotopic (exact) mass is 411 g/mol. The molecule has 1 atom stereocenters. The van der Waals surface area contributed by atoms with Crippen LogP contribution in [0.3, 0.4) is 0 Å². The molecule has 1 aromatic heterocycles. The lowest BCUT2D eigenvalue weighted by Gasteiger charge is -2.12. The van der Waals surface area contributed by atoms with Crippen molar-refractivity contribution in [2.75, 3.05) is 18.9 Å². The maximum atomic E-state index is 13.3. The Morgan fingerprint density at radius 3 is 2.83 bits per heavy atom. The van der Waals surface area contributed by atoms with Crippen LogP contribution in [0.25, 0.3) is 22.3 Å². The van der Waals surface area contributed by atoms with E-state index in [-0.39, 0.29) is 23.6 Å². The topological polar surface area (TPSA) is 64.1 Å². The number of amides is 1. The zero-order valence-electron chi connectivity index (χ0n) is 16.2. The van der Waals surface area contributed by atoms with Crippen LogP contribution in [-0.4, -0.2) is 40.9 Å². The fourth-order valence-corrected chi connectivity index (χ4v) is 4.11. The lowest BCUT2D eigenvalue weighted by molar-refractivity contribution is -0.119. The van der Waals surface area contributed by atoms with E-state index in [2.05, 4.69) is 15.3 Å². The number of hydrogen-bond acceptors (Lipinski definition) is 5. The molecule has 1 amide bonds. The van der Waals surface area contributed by atoms with E-state index in [1.54, 1.807) is 12.1 Å². The first-order chi connectivity index (χ1) is 14.1. The molecule has 1 fully saturated rings. The number of rotatable bonds is 6. The molecule has 7 heteroatoms. The summed E-state index contributed by atoms with van der Waals surface area (Å²) < 4.78 is 18.8. The third-order valence-corrected chi connectivity index (χ3v) is 5.80. The predicted octanol–water partition coefficient (Wildman–Crippen LogP) is 4.13. The summed E-state index contributed by atoms with van der Waals surface area (Å²) in [6.07, 6.45) is 2.16. The molecule has 0 aliphatic carbocycles. The molecule has 5 nitrogen and oxygen atoms in total. The summed E-state index contributed by atoms with van der Waals surface area (Å²) in [5.74, 6) is 0.426. The number of carbonyl (C=O) groups excluding carboxylic acids is 1. The highest BCUT2D eigenvalue weighted by Gasteiger charge is 2.17. The maximum absolute atomic E-state index is 13.3. The van der Waals surface area contributed by atoms with E-state index in [4.69, 9.17) is 4.74 Å². The van der Waals surface area contributed by atoms with E-state index in [0.717, 1.165) is 46.5 Å². The Morgan fingerprint density at radius 2 is 2.07 bits per heavy atom. The van der Waals surface area contributed by atoms with Crippen LogP contribution >= 0.6 is 11.8 Å². The standard InChI is InChI=1S/C22H22FN3O2S/c1-14-4-9-19-18(11-14)22(26-21(25-19)15-5-7-16(23)8-6-15)29-13-20(27)24-12-17-3-2-10-28-17/h4-9,11,17H,2-3,10,12-13H2,1H3,(H,24,27)/t17-/m1/s1. The molecule has 1 aliphatic rings. The van der Waals surface area contributed by atoms with Gasteiger partial charge in [0.15, 0.2) is 5.82 Å². The fraction of sp³-hybridized carbons (Fsp3) is 0.318. The smallest absolute Gasteiger partial charge is 0.230 e. The van der Waals surface area contributed by atoms with Crippen molar-refractivity contribution in [3.63, 3.8) is 0 Å².